The molecular weight excluding hydrogens is 552 g/mol. The number of nitrogens with zero attached hydrogens (tertiary/aromatic N) is 2. The van der Waals surface area contributed by atoms with Gasteiger partial charge in [0.25, 0.3) is 0 Å². The molecule has 0 aliphatic carbocycles. The number of benzene rings is 2. The number of pyridine rings is 1. The van der Waals surface area contributed by atoms with Crippen molar-refractivity contribution < 1.29 is 32.2 Å². The summed E-state index contributed by atoms with van der Waals surface area (Å²) in [6.07, 6.45) is 0. The number of sulfonamides is 1. The second kappa shape index (κ2) is 11.6. The number of carbonyl (C=O) groups is 2. The van der Waals surface area contributed by atoms with Crippen LogP contribution in [0, 0.1) is 6.92 Å². The van der Waals surface area contributed by atoms with Crippen molar-refractivity contribution in [3.8, 4) is 11.6 Å². The summed E-state index contributed by atoms with van der Waals surface area (Å²) in [5.74, 6) is -0.892. The number of hydrogen-bond acceptors (Lipinski definition) is 8. The summed E-state index contributed by atoms with van der Waals surface area (Å²) in [7, 11) is -1.83. The van der Waals surface area contributed by atoms with Gasteiger partial charge in [-0.3, -0.25) is 4.79 Å². The molecule has 9 nitrogen and oxygen atoms in total. The Morgan fingerprint density at radius 3 is 2.19 bits per heavy atom. The predicted octanol–water partition coefficient (Wildman–Crippen LogP) is 4.66. The zero-order valence-corrected chi connectivity index (χ0v) is 22.5. The molecule has 1 unspecified atom stereocenters. The van der Waals surface area contributed by atoms with Crippen LogP contribution in [-0.2, 0) is 24.3 Å². The van der Waals surface area contributed by atoms with Crippen LogP contribution in [-0.4, -0.2) is 50.4 Å². The summed E-state index contributed by atoms with van der Waals surface area (Å²) in [6.45, 7) is 2.75. The molecule has 1 heterocycles. The number of methoxy groups -OCH3 is 2. The summed E-state index contributed by atoms with van der Waals surface area (Å²) < 4.78 is 44.4. The Labute approximate surface area is 218 Å². The van der Waals surface area contributed by atoms with Gasteiger partial charge in [-0.05, 0) is 56.3 Å². The maximum absolute atomic E-state index is 13.6. The molecule has 0 fully saturated rings. The van der Waals surface area contributed by atoms with Crippen LogP contribution in [0.15, 0.2) is 70.0 Å². The lowest BCUT2D eigenvalue weighted by atomic mass is 10.1. The average molecular weight is 577 g/mol. The van der Waals surface area contributed by atoms with Crippen LogP contribution in [0.2, 0.25) is 0 Å². The number of esters is 2. The molecule has 0 N–H and O–H groups in total. The van der Waals surface area contributed by atoms with Crippen LogP contribution >= 0.6 is 15.9 Å². The quantitative estimate of drug-likeness (QED) is 0.338. The molecule has 0 saturated carbocycles. The third-order valence-electron chi connectivity index (χ3n) is 5.31. The van der Waals surface area contributed by atoms with Gasteiger partial charge in [0.2, 0.25) is 15.9 Å². The van der Waals surface area contributed by atoms with Crippen molar-refractivity contribution in [3.05, 3.63) is 82.0 Å². The topological polar surface area (TPSA) is 112 Å². The van der Waals surface area contributed by atoms with Crippen LogP contribution in [0.3, 0.4) is 0 Å². The van der Waals surface area contributed by atoms with Crippen LogP contribution in [0.25, 0.3) is 0 Å². The molecule has 0 radical (unpaired) electrons. The lowest BCUT2D eigenvalue weighted by Crippen LogP contribution is -2.39. The van der Waals surface area contributed by atoms with Crippen molar-refractivity contribution in [1.29, 1.82) is 0 Å². The number of aryl methyl sites for hydroxylation is 1. The van der Waals surface area contributed by atoms with E-state index in [1.54, 1.807) is 36.4 Å². The van der Waals surface area contributed by atoms with Crippen molar-refractivity contribution >= 4 is 37.9 Å². The van der Waals surface area contributed by atoms with Gasteiger partial charge in [0.15, 0.2) is 0 Å². The largest absolute Gasteiger partial charge is 0.468 e. The fraction of sp³-hybridized carbons (Fsp3) is 0.240. The van der Waals surface area contributed by atoms with E-state index in [1.807, 2.05) is 6.92 Å². The maximum Gasteiger partial charge on any atom is 0.339 e. The van der Waals surface area contributed by atoms with E-state index in [4.69, 9.17) is 14.2 Å². The molecule has 1 atom stereocenters. The Bertz CT molecular complexity index is 1340. The Hall–Kier alpha value is -3.28. The molecular formula is C25H25BrN2O7S. The second-order valence-corrected chi connectivity index (χ2v) is 10.6. The zero-order chi connectivity index (χ0) is 26.5. The van der Waals surface area contributed by atoms with Gasteiger partial charge in [0.1, 0.15) is 12.3 Å². The van der Waals surface area contributed by atoms with E-state index < -0.39 is 34.5 Å². The Morgan fingerprint density at radius 1 is 0.972 bits per heavy atom. The average Bonchev–Trinajstić information content (AvgIpc) is 2.87. The van der Waals surface area contributed by atoms with Crippen molar-refractivity contribution in [2.45, 2.75) is 24.8 Å². The van der Waals surface area contributed by atoms with E-state index in [2.05, 4.69) is 20.9 Å². The maximum atomic E-state index is 13.6. The molecule has 0 saturated heterocycles. The van der Waals surface area contributed by atoms with E-state index in [9.17, 15) is 18.0 Å². The first kappa shape index (κ1) is 27.3. The Morgan fingerprint density at radius 2 is 1.61 bits per heavy atom. The lowest BCUT2D eigenvalue weighted by molar-refractivity contribution is -0.141. The molecule has 0 bridgehead atoms. The highest BCUT2D eigenvalue weighted by atomic mass is 79.9. The third-order valence-corrected chi connectivity index (χ3v) is 7.77. The van der Waals surface area contributed by atoms with Crippen LogP contribution in [0.4, 0.5) is 0 Å². The minimum atomic E-state index is -4.20. The Kier molecular flexibility index (Phi) is 8.83. The van der Waals surface area contributed by atoms with E-state index >= 15 is 0 Å². The van der Waals surface area contributed by atoms with Crippen LogP contribution in [0.5, 0.6) is 11.6 Å². The van der Waals surface area contributed by atoms with Gasteiger partial charge >= 0.3 is 11.9 Å². The fourth-order valence-corrected chi connectivity index (χ4v) is 5.15. The molecule has 190 valence electrons. The number of halogens is 1. The van der Waals surface area contributed by atoms with E-state index in [-0.39, 0.29) is 22.0 Å². The zero-order valence-electron chi connectivity index (χ0n) is 20.1. The molecule has 3 rings (SSSR count). The second-order valence-electron chi connectivity index (χ2n) is 7.75. The SMILES string of the molecule is COC(=O)CN(C(C)c1nc(Oc2ccc(Br)cc2)ccc1C(=O)OC)S(=O)(=O)c1ccc(C)cc1. The number of aromatic nitrogens is 1. The van der Waals surface area contributed by atoms with Crippen LogP contribution < -0.4 is 4.74 Å². The molecule has 0 spiro atoms. The molecule has 0 aliphatic heterocycles. The highest BCUT2D eigenvalue weighted by Gasteiger charge is 2.35. The first-order chi connectivity index (χ1) is 17.1. The summed E-state index contributed by atoms with van der Waals surface area (Å²) in [6, 6.07) is 15.0. The van der Waals surface area contributed by atoms with E-state index in [0.29, 0.717) is 5.75 Å². The fourth-order valence-electron chi connectivity index (χ4n) is 3.34. The van der Waals surface area contributed by atoms with Gasteiger partial charge in [-0.25, -0.2) is 18.2 Å². The molecule has 1 aromatic heterocycles. The predicted molar refractivity (Wildman–Crippen MR) is 135 cm³/mol. The Balaban J connectivity index is 2.10. The number of ether oxygens (including phenoxy) is 3. The van der Waals surface area contributed by atoms with Gasteiger partial charge in [-0.1, -0.05) is 33.6 Å². The van der Waals surface area contributed by atoms with Crippen molar-refractivity contribution in [3.63, 3.8) is 0 Å². The van der Waals surface area contributed by atoms with Gasteiger partial charge in [0.05, 0.1) is 36.4 Å². The highest BCUT2D eigenvalue weighted by Crippen LogP contribution is 2.31. The number of hydrogen-bond donors (Lipinski definition) is 0. The molecule has 2 aromatic carbocycles. The highest BCUT2D eigenvalue weighted by molar-refractivity contribution is 9.10. The summed E-state index contributed by atoms with van der Waals surface area (Å²) in [5.41, 5.74) is 0.951. The van der Waals surface area contributed by atoms with Gasteiger partial charge < -0.3 is 14.2 Å². The van der Waals surface area contributed by atoms with Crippen molar-refractivity contribution in [1.82, 2.24) is 9.29 Å². The first-order valence-electron chi connectivity index (χ1n) is 10.7. The monoisotopic (exact) mass is 576 g/mol. The molecule has 0 amide bonds. The molecule has 0 aliphatic rings. The minimum absolute atomic E-state index is 0.0225. The smallest absolute Gasteiger partial charge is 0.339 e. The number of rotatable bonds is 9. The molecule has 3 aromatic rings. The normalized spacial score (nSPS) is 12.2. The minimum Gasteiger partial charge on any atom is -0.468 e. The summed E-state index contributed by atoms with van der Waals surface area (Å²) >= 11 is 3.36. The first-order valence-corrected chi connectivity index (χ1v) is 13.0. The van der Waals surface area contributed by atoms with Crippen molar-refractivity contribution in [2.75, 3.05) is 20.8 Å². The molecule has 36 heavy (non-hydrogen) atoms. The summed E-state index contributed by atoms with van der Waals surface area (Å²) in [5, 5.41) is 0. The van der Waals surface area contributed by atoms with E-state index in [0.717, 1.165) is 21.5 Å². The lowest BCUT2D eigenvalue weighted by Gasteiger charge is -2.28. The van der Waals surface area contributed by atoms with Crippen LogP contribution in [0.1, 0.15) is 34.6 Å². The number of carbonyl (C=O) groups excluding carboxylic acids is 2. The van der Waals surface area contributed by atoms with Gasteiger partial charge in [-0.2, -0.15) is 4.31 Å². The van der Waals surface area contributed by atoms with Crippen molar-refractivity contribution in [2.24, 2.45) is 0 Å². The van der Waals surface area contributed by atoms with Gasteiger partial charge in [0, 0.05) is 10.5 Å². The summed E-state index contributed by atoms with van der Waals surface area (Å²) in [4.78, 5) is 29.2. The molecule has 11 heteroatoms. The van der Waals surface area contributed by atoms with Gasteiger partial charge in [-0.15, -0.1) is 0 Å². The van der Waals surface area contributed by atoms with E-state index in [1.165, 1.54) is 38.3 Å². The third kappa shape index (κ3) is 6.28. The standard InChI is InChI=1S/C25H25BrN2O7S/c1-16-5-11-20(12-6-16)36(31,32)28(15-23(29)33-3)17(2)24-21(25(30)34-4)13-14-22(27-24)35-19-9-7-18(26)8-10-19/h5-14,17H,15H2,1-4H3.